The van der Waals surface area contributed by atoms with Crippen LogP contribution in [0.1, 0.15) is 18.9 Å². The highest BCUT2D eigenvalue weighted by molar-refractivity contribution is 7.89. The summed E-state index contributed by atoms with van der Waals surface area (Å²) in [7, 11) is -3.65. The van der Waals surface area contributed by atoms with Gasteiger partial charge in [0.25, 0.3) is 0 Å². The van der Waals surface area contributed by atoms with E-state index >= 15 is 0 Å². The molecule has 0 aliphatic heterocycles. The minimum Gasteiger partial charge on any atom is -0.398 e. The van der Waals surface area contributed by atoms with Gasteiger partial charge in [-0.1, -0.05) is 18.5 Å². The minimum atomic E-state index is -3.65. The number of sulfonamides is 1. The molecule has 0 bridgehead atoms. The topological polar surface area (TPSA) is 92.4 Å². The number of nitrogens with one attached hydrogen (secondary N) is 1. The van der Waals surface area contributed by atoms with Crippen LogP contribution < -0.4 is 10.5 Å². The van der Waals surface area contributed by atoms with Crippen LogP contribution in [0.4, 0.5) is 5.69 Å². The molecule has 5 nitrogen and oxygen atoms in total. The summed E-state index contributed by atoms with van der Waals surface area (Å²) >= 11 is 5.84. The summed E-state index contributed by atoms with van der Waals surface area (Å²) in [5.41, 5.74) is 6.53. The highest BCUT2D eigenvalue weighted by Gasteiger charge is 2.19. The molecule has 0 saturated heterocycles. The maximum atomic E-state index is 12.2. The molecule has 1 rings (SSSR count). The minimum absolute atomic E-state index is 0.0338. The molecule has 1 atom stereocenters. The van der Waals surface area contributed by atoms with Gasteiger partial charge in [-0.25, -0.2) is 13.1 Å². The van der Waals surface area contributed by atoms with Crippen LogP contribution in [0.5, 0.6) is 0 Å². The van der Waals surface area contributed by atoms with Gasteiger partial charge in [0.1, 0.15) is 0 Å². The fraction of sp³-hybridized carbons (Fsp3) is 0.500. The Labute approximate surface area is 118 Å². The van der Waals surface area contributed by atoms with Crippen molar-refractivity contribution in [2.45, 2.75) is 25.2 Å². The second-order valence-corrected chi connectivity index (χ2v) is 6.76. The number of halogens is 1. The molecule has 0 fully saturated rings. The molecule has 108 valence electrons. The first kappa shape index (κ1) is 16.2. The zero-order valence-electron chi connectivity index (χ0n) is 11.0. The van der Waals surface area contributed by atoms with Crippen molar-refractivity contribution in [2.24, 2.45) is 5.92 Å². The quantitative estimate of drug-likeness (QED) is 0.695. The fourth-order valence-corrected chi connectivity index (χ4v) is 3.36. The van der Waals surface area contributed by atoms with Gasteiger partial charge in [0.05, 0.1) is 4.90 Å². The molecule has 1 aromatic rings. The summed E-state index contributed by atoms with van der Waals surface area (Å²) in [6.07, 6.45) is 0.541. The summed E-state index contributed by atoms with van der Waals surface area (Å²) in [6, 6.07) is 2.90. The molecule has 1 aromatic carbocycles. The van der Waals surface area contributed by atoms with Gasteiger partial charge in [-0.2, -0.15) is 0 Å². The molecule has 0 aromatic heterocycles. The number of hydrogen-bond donors (Lipinski definition) is 3. The van der Waals surface area contributed by atoms with E-state index in [1.165, 1.54) is 12.1 Å². The lowest BCUT2D eigenvalue weighted by Gasteiger charge is -2.14. The molecule has 19 heavy (non-hydrogen) atoms. The average Bonchev–Trinajstić information content (AvgIpc) is 2.31. The number of aliphatic hydroxyl groups is 1. The Balaban J connectivity index is 2.95. The van der Waals surface area contributed by atoms with Crippen molar-refractivity contribution >= 4 is 27.3 Å². The summed E-state index contributed by atoms with van der Waals surface area (Å²) in [5, 5.41) is 9.07. The molecule has 4 N–H and O–H groups in total. The number of anilines is 1. The van der Waals surface area contributed by atoms with Crippen LogP contribution in [0.25, 0.3) is 0 Å². The van der Waals surface area contributed by atoms with Crippen molar-refractivity contribution in [3.05, 3.63) is 22.7 Å². The third-order valence-electron chi connectivity index (χ3n) is 2.90. The molecule has 0 aliphatic carbocycles. The Hall–Kier alpha value is -0.820. The van der Waals surface area contributed by atoms with Crippen LogP contribution in [0.15, 0.2) is 17.0 Å². The number of nitrogens with two attached hydrogens (primary N) is 1. The van der Waals surface area contributed by atoms with Gasteiger partial charge in [-0.3, -0.25) is 0 Å². The van der Waals surface area contributed by atoms with Crippen LogP contribution in [-0.4, -0.2) is 26.7 Å². The number of hydrogen-bond acceptors (Lipinski definition) is 4. The lowest BCUT2D eigenvalue weighted by atomic mass is 10.1. The summed E-state index contributed by atoms with van der Waals surface area (Å²) < 4.78 is 26.9. The van der Waals surface area contributed by atoms with Gasteiger partial charge in [0, 0.05) is 23.9 Å². The van der Waals surface area contributed by atoms with E-state index in [-0.39, 0.29) is 29.0 Å². The van der Waals surface area contributed by atoms with Crippen LogP contribution >= 0.6 is 11.6 Å². The Bertz CT molecular complexity index is 546. The SMILES string of the molecule is Cc1c(N)cc(Cl)cc1S(=O)(=O)NCC(C)CCO. The Kier molecular flexibility index (Phi) is 5.61. The van der Waals surface area contributed by atoms with Gasteiger partial charge < -0.3 is 10.8 Å². The molecule has 0 saturated carbocycles. The highest BCUT2D eigenvalue weighted by Crippen LogP contribution is 2.25. The third kappa shape index (κ3) is 4.35. The molecular formula is C12H19ClN2O3S. The zero-order valence-corrected chi connectivity index (χ0v) is 12.6. The third-order valence-corrected chi connectivity index (χ3v) is 4.67. The summed E-state index contributed by atoms with van der Waals surface area (Å²) in [4.78, 5) is 0.0914. The van der Waals surface area contributed by atoms with E-state index in [1.807, 2.05) is 6.92 Å². The lowest BCUT2D eigenvalue weighted by Crippen LogP contribution is -2.29. The molecule has 1 unspecified atom stereocenters. The van der Waals surface area contributed by atoms with E-state index in [9.17, 15) is 8.42 Å². The highest BCUT2D eigenvalue weighted by atomic mass is 35.5. The molecule has 0 heterocycles. The van der Waals surface area contributed by atoms with Crippen molar-refractivity contribution in [3.63, 3.8) is 0 Å². The second-order valence-electron chi connectivity index (χ2n) is 4.59. The predicted molar refractivity (Wildman–Crippen MR) is 76.7 cm³/mol. The predicted octanol–water partition coefficient (Wildman–Crippen LogP) is 1.53. The van der Waals surface area contributed by atoms with Crippen molar-refractivity contribution in [2.75, 3.05) is 18.9 Å². The Morgan fingerprint density at radius 1 is 1.47 bits per heavy atom. The van der Waals surface area contributed by atoms with E-state index in [4.69, 9.17) is 22.4 Å². The van der Waals surface area contributed by atoms with Crippen LogP contribution in [0.2, 0.25) is 5.02 Å². The molecule has 0 aliphatic rings. The van der Waals surface area contributed by atoms with E-state index in [1.54, 1.807) is 6.92 Å². The molecule has 0 spiro atoms. The molecule has 0 amide bonds. The standard InChI is InChI=1S/C12H19ClN2O3S/c1-8(3-4-16)7-15-19(17,18)12-6-10(13)5-11(14)9(12)2/h5-6,8,15-16H,3-4,7,14H2,1-2H3. The van der Waals surface area contributed by atoms with E-state index in [0.717, 1.165) is 0 Å². The largest absolute Gasteiger partial charge is 0.398 e. The molecular weight excluding hydrogens is 288 g/mol. The van der Waals surface area contributed by atoms with Crippen molar-refractivity contribution < 1.29 is 13.5 Å². The second kappa shape index (κ2) is 6.56. The Morgan fingerprint density at radius 3 is 2.68 bits per heavy atom. The van der Waals surface area contributed by atoms with Crippen LogP contribution in [0, 0.1) is 12.8 Å². The maximum Gasteiger partial charge on any atom is 0.240 e. The number of rotatable bonds is 6. The number of nitrogen functional groups attached to an aromatic ring is 1. The van der Waals surface area contributed by atoms with Gasteiger partial charge in [-0.05, 0) is 37.0 Å². The number of aliphatic hydroxyl groups excluding tert-OH is 1. The normalized spacial score (nSPS) is 13.5. The maximum absolute atomic E-state index is 12.2. The fourth-order valence-electron chi connectivity index (χ4n) is 1.61. The monoisotopic (exact) mass is 306 g/mol. The van der Waals surface area contributed by atoms with Gasteiger partial charge >= 0.3 is 0 Å². The molecule has 7 heteroatoms. The zero-order chi connectivity index (χ0) is 14.6. The van der Waals surface area contributed by atoms with E-state index in [0.29, 0.717) is 17.7 Å². The first-order chi connectivity index (χ1) is 8.77. The summed E-state index contributed by atoms with van der Waals surface area (Å²) in [6.45, 7) is 3.79. The summed E-state index contributed by atoms with van der Waals surface area (Å²) in [5.74, 6) is 0.0524. The van der Waals surface area contributed by atoms with E-state index < -0.39 is 10.0 Å². The van der Waals surface area contributed by atoms with Crippen molar-refractivity contribution in [1.82, 2.24) is 4.72 Å². The van der Waals surface area contributed by atoms with E-state index in [2.05, 4.69) is 4.72 Å². The molecule has 0 radical (unpaired) electrons. The number of benzene rings is 1. The van der Waals surface area contributed by atoms with Gasteiger partial charge in [-0.15, -0.1) is 0 Å². The van der Waals surface area contributed by atoms with Gasteiger partial charge in [0.15, 0.2) is 0 Å². The smallest absolute Gasteiger partial charge is 0.240 e. The van der Waals surface area contributed by atoms with Crippen molar-refractivity contribution in [3.8, 4) is 0 Å². The van der Waals surface area contributed by atoms with Crippen LogP contribution in [-0.2, 0) is 10.0 Å². The lowest BCUT2D eigenvalue weighted by molar-refractivity contribution is 0.263. The first-order valence-electron chi connectivity index (χ1n) is 5.94. The Morgan fingerprint density at radius 2 is 2.11 bits per heavy atom. The average molecular weight is 307 g/mol. The van der Waals surface area contributed by atoms with Gasteiger partial charge in [0.2, 0.25) is 10.0 Å². The van der Waals surface area contributed by atoms with Crippen molar-refractivity contribution in [1.29, 1.82) is 0 Å². The first-order valence-corrected chi connectivity index (χ1v) is 7.80. The van der Waals surface area contributed by atoms with Crippen LogP contribution in [0.3, 0.4) is 0 Å².